The van der Waals surface area contributed by atoms with Gasteiger partial charge in [0.15, 0.2) is 0 Å². The van der Waals surface area contributed by atoms with Crippen LogP contribution >= 0.6 is 0 Å². The Bertz CT molecular complexity index is 518. The minimum Gasteiger partial charge on any atom is -0.380 e. The molecule has 102 valence electrons. The van der Waals surface area contributed by atoms with Crippen LogP contribution in [0, 0.1) is 0 Å². The van der Waals surface area contributed by atoms with Crippen molar-refractivity contribution >= 4 is 10.8 Å². The lowest BCUT2D eigenvalue weighted by Gasteiger charge is -2.21. The van der Waals surface area contributed by atoms with Crippen molar-refractivity contribution in [3.8, 4) is 0 Å². The van der Waals surface area contributed by atoms with Gasteiger partial charge in [-0.2, -0.15) is 0 Å². The molecule has 0 spiro atoms. The molecule has 2 unspecified atom stereocenters. The Labute approximate surface area is 115 Å². The fraction of sp³-hybridized carbons (Fsp3) is 0.412. The second-order valence-corrected chi connectivity index (χ2v) is 5.02. The highest BCUT2D eigenvalue weighted by Gasteiger charge is 2.11. The number of nitrogens with one attached hydrogen (secondary N) is 1. The molecule has 0 saturated carbocycles. The van der Waals surface area contributed by atoms with E-state index in [1.807, 2.05) is 6.92 Å². The van der Waals surface area contributed by atoms with E-state index in [9.17, 15) is 0 Å². The molecule has 0 amide bonds. The molecule has 0 bridgehead atoms. The zero-order chi connectivity index (χ0) is 13.7. The van der Waals surface area contributed by atoms with Crippen LogP contribution in [0.2, 0.25) is 0 Å². The van der Waals surface area contributed by atoms with E-state index < -0.39 is 0 Å². The van der Waals surface area contributed by atoms with Gasteiger partial charge in [0.25, 0.3) is 0 Å². The van der Waals surface area contributed by atoms with E-state index in [1.165, 1.54) is 16.3 Å². The number of hydrogen-bond acceptors (Lipinski definition) is 2. The molecule has 2 aromatic carbocycles. The monoisotopic (exact) mass is 257 g/mol. The van der Waals surface area contributed by atoms with Crippen molar-refractivity contribution in [2.75, 3.05) is 13.2 Å². The molecule has 0 aromatic heterocycles. The zero-order valence-electron chi connectivity index (χ0n) is 12.0. The lowest BCUT2D eigenvalue weighted by Crippen LogP contribution is -2.32. The van der Waals surface area contributed by atoms with Gasteiger partial charge in [-0.05, 0) is 37.1 Å². The normalized spacial score (nSPS) is 14.5. The molecule has 0 fully saturated rings. The van der Waals surface area contributed by atoms with Crippen molar-refractivity contribution < 1.29 is 4.74 Å². The standard InChI is InChI=1S/C17H23NO/c1-4-19-12-13(2)18-14(3)16-11-7-9-15-8-5-6-10-17(15)16/h5-11,13-14,18H,4,12H2,1-3H3. The van der Waals surface area contributed by atoms with Gasteiger partial charge in [-0.3, -0.25) is 0 Å². The van der Waals surface area contributed by atoms with Gasteiger partial charge in [0.1, 0.15) is 0 Å². The Morgan fingerprint density at radius 2 is 1.79 bits per heavy atom. The Kier molecular flexibility index (Phi) is 4.94. The highest BCUT2D eigenvalue weighted by molar-refractivity contribution is 5.86. The number of hydrogen-bond donors (Lipinski definition) is 1. The van der Waals surface area contributed by atoms with Crippen molar-refractivity contribution in [3.05, 3.63) is 48.0 Å². The smallest absolute Gasteiger partial charge is 0.0616 e. The average molecular weight is 257 g/mol. The van der Waals surface area contributed by atoms with Crippen LogP contribution in [0.5, 0.6) is 0 Å². The molecule has 0 saturated heterocycles. The maximum absolute atomic E-state index is 5.46. The third-order valence-electron chi connectivity index (χ3n) is 3.40. The van der Waals surface area contributed by atoms with Gasteiger partial charge in [-0.25, -0.2) is 0 Å². The summed E-state index contributed by atoms with van der Waals surface area (Å²) in [7, 11) is 0. The van der Waals surface area contributed by atoms with Crippen LogP contribution in [0.25, 0.3) is 10.8 Å². The number of ether oxygens (including phenoxy) is 1. The maximum Gasteiger partial charge on any atom is 0.0616 e. The molecule has 2 atom stereocenters. The molecule has 1 N–H and O–H groups in total. The predicted molar refractivity (Wildman–Crippen MR) is 81.5 cm³/mol. The Morgan fingerprint density at radius 1 is 1.05 bits per heavy atom. The molecule has 2 aromatic rings. The van der Waals surface area contributed by atoms with Gasteiger partial charge in [0.05, 0.1) is 6.61 Å². The van der Waals surface area contributed by atoms with Gasteiger partial charge in [-0.1, -0.05) is 42.5 Å². The summed E-state index contributed by atoms with van der Waals surface area (Å²) >= 11 is 0. The van der Waals surface area contributed by atoms with Gasteiger partial charge in [0.2, 0.25) is 0 Å². The predicted octanol–water partition coefficient (Wildman–Crippen LogP) is 3.92. The lowest BCUT2D eigenvalue weighted by atomic mass is 9.99. The maximum atomic E-state index is 5.46. The first-order chi connectivity index (χ1) is 9.22. The first kappa shape index (κ1) is 14.0. The molecule has 2 nitrogen and oxygen atoms in total. The Morgan fingerprint density at radius 3 is 2.58 bits per heavy atom. The van der Waals surface area contributed by atoms with Crippen LogP contribution in [0.15, 0.2) is 42.5 Å². The largest absolute Gasteiger partial charge is 0.380 e. The van der Waals surface area contributed by atoms with E-state index in [2.05, 4.69) is 61.6 Å². The Hall–Kier alpha value is -1.38. The lowest BCUT2D eigenvalue weighted by molar-refractivity contribution is 0.124. The average Bonchev–Trinajstić information content (AvgIpc) is 2.44. The fourth-order valence-electron chi connectivity index (χ4n) is 2.49. The van der Waals surface area contributed by atoms with Crippen LogP contribution < -0.4 is 5.32 Å². The van der Waals surface area contributed by atoms with Crippen molar-refractivity contribution in [1.29, 1.82) is 0 Å². The molecule has 0 aliphatic rings. The van der Waals surface area contributed by atoms with E-state index in [0.717, 1.165) is 13.2 Å². The van der Waals surface area contributed by atoms with Gasteiger partial charge >= 0.3 is 0 Å². The summed E-state index contributed by atoms with van der Waals surface area (Å²) in [6.45, 7) is 7.93. The van der Waals surface area contributed by atoms with Crippen LogP contribution in [-0.4, -0.2) is 19.3 Å². The third kappa shape index (κ3) is 3.55. The van der Waals surface area contributed by atoms with Crippen molar-refractivity contribution in [2.45, 2.75) is 32.9 Å². The summed E-state index contributed by atoms with van der Waals surface area (Å²) < 4.78 is 5.46. The van der Waals surface area contributed by atoms with Crippen LogP contribution in [-0.2, 0) is 4.74 Å². The minimum absolute atomic E-state index is 0.321. The second-order valence-electron chi connectivity index (χ2n) is 5.02. The number of benzene rings is 2. The van der Waals surface area contributed by atoms with E-state index in [4.69, 9.17) is 4.74 Å². The molecule has 0 radical (unpaired) electrons. The molecule has 2 heteroatoms. The van der Waals surface area contributed by atoms with E-state index >= 15 is 0 Å². The SMILES string of the molecule is CCOCC(C)NC(C)c1cccc2ccccc12. The van der Waals surface area contributed by atoms with Crippen molar-refractivity contribution in [3.63, 3.8) is 0 Å². The van der Waals surface area contributed by atoms with Crippen LogP contribution in [0.3, 0.4) is 0 Å². The van der Waals surface area contributed by atoms with E-state index in [0.29, 0.717) is 12.1 Å². The van der Waals surface area contributed by atoms with E-state index in [1.54, 1.807) is 0 Å². The van der Waals surface area contributed by atoms with Gasteiger partial charge in [-0.15, -0.1) is 0 Å². The van der Waals surface area contributed by atoms with Crippen molar-refractivity contribution in [2.24, 2.45) is 0 Å². The summed E-state index contributed by atoms with van der Waals surface area (Å²) in [5, 5.41) is 6.22. The number of fused-ring (bicyclic) bond motifs is 1. The molecular weight excluding hydrogens is 234 g/mol. The summed E-state index contributed by atoms with van der Waals surface area (Å²) in [5.74, 6) is 0. The molecule has 19 heavy (non-hydrogen) atoms. The minimum atomic E-state index is 0.321. The number of rotatable bonds is 6. The first-order valence-corrected chi connectivity index (χ1v) is 7.03. The fourth-order valence-corrected chi connectivity index (χ4v) is 2.49. The Balaban J connectivity index is 2.15. The van der Waals surface area contributed by atoms with Crippen LogP contribution in [0.4, 0.5) is 0 Å². The molecule has 0 aliphatic carbocycles. The van der Waals surface area contributed by atoms with Crippen LogP contribution in [0.1, 0.15) is 32.4 Å². The highest BCUT2D eigenvalue weighted by Crippen LogP contribution is 2.24. The highest BCUT2D eigenvalue weighted by atomic mass is 16.5. The first-order valence-electron chi connectivity index (χ1n) is 7.03. The second kappa shape index (κ2) is 6.69. The summed E-state index contributed by atoms with van der Waals surface area (Å²) in [5.41, 5.74) is 1.35. The summed E-state index contributed by atoms with van der Waals surface area (Å²) in [6.07, 6.45) is 0. The molecule has 2 rings (SSSR count). The van der Waals surface area contributed by atoms with E-state index in [-0.39, 0.29) is 0 Å². The molecular formula is C17H23NO. The summed E-state index contributed by atoms with van der Waals surface area (Å²) in [6, 6.07) is 15.7. The van der Waals surface area contributed by atoms with Gasteiger partial charge < -0.3 is 10.1 Å². The van der Waals surface area contributed by atoms with Gasteiger partial charge in [0, 0.05) is 18.7 Å². The molecule has 0 aliphatic heterocycles. The molecule has 0 heterocycles. The van der Waals surface area contributed by atoms with Crippen molar-refractivity contribution in [1.82, 2.24) is 5.32 Å². The quantitative estimate of drug-likeness (QED) is 0.847. The zero-order valence-corrected chi connectivity index (χ0v) is 12.0. The topological polar surface area (TPSA) is 21.3 Å². The third-order valence-corrected chi connectivity index (χ3v) is 3.40. The summed E-state index contributed by atoms with van der Waals surface area (Å²) in [4.78, 5) is 0.